The Labute approximate surface area is 256 Å². The number of rotatable bonds is 5. The summed E-state index contributed by atoms with van der Waals surface area (Å²) >= 11 is 0. The van der Waals surface area contributed by atoms with Gasteiger partial charge in [-0.2, -0.15) is 0 Å². The Balaban J connectivity index is 1.15. The summed E-state index contributed by atoms with van der Waals surface area (Å²) in [6, 6.07) is 9.47. The minimum Gasteiger partial charge on any atom is -0.478 e. The predicted molar refractivity (Wildman–Crippen MR) is 168 cm³/mol. The first-order chi connectivity index (χ1) is 20.5. The normalized spacial score (nSPS) is 41.7. The third kappa shape index (κ3) is 4.08. The van der Waals surface area contributed by atoms with E-state index in [1.807, 2.05) is 18.2 Å². The van der Waals surface area contributed by atoms with Gasteiger partial charge in [-0.1, -0.05) is 52.3 Å². The molecule has 9 atom stereocenters. The summed E-state index contributed by atoms with van der Waals surface area (Å²) in [5, 5.41) is 12.7. The average Bonchev–Trinajstić information content (AvgIpc) is 3.67. The van der Waals surface area contributed by atoms with E-state index in [4.69, 9.17) is 4.42 Å². The van der Waals surface area contributed by atoms with Gasteiger partial charge in [0.1, 0.15) is 0 Å². The van der Waals surface area contributed by atoms with Crippen molar-refractivity contribution in [2.75, 3.05) is 0 Å². The summed E-state index contributed by atoms with van der Waals surface area (Å²) in [4.78, 5) is 25.4. The number of allylic oxidation sites excluding steroid dienone is 2. The number of fused-ring (bicyclic) bond motifs is 7. The second-order valence-electron chi connectivity index (χ2n) is 15.7. The molecule has 1 aromatic heterocycles. The predicted octanol–water partition coefficient (Wildman–Crippen LogP) is 8.75. The quantitative estimate of drug-likeness (QED) is 0.369. The first-order valence-electron chi connectivity index (χ1n) is 16.9. The molecule has 5 aliphatic carbocycles. The molecule has 2 N–H and O–H groups in total. The Kier molecular flexibility index (Phi) is 6.80. The van der Waals surface area contributed by atoms with E-state index in [0.717, 1.165) is 31.2 Å². The van der Waals surface area contributed by atoms with Gasteiger partial charge in [-0.05, 0) is 133 Å². The van der Waals surface area contributed by atoms with Crippen LogP contribution in [0.5, 0.6) is 0 Å². The van der Waals surface area contributed by atoms with Gasteiger partial charge in [0.15, 0.2) is 0 Å². The minimum atomic E-state index is -0.868. The van der Waals surface area contributed by atoms with Crippen LogP contribution in [0.2, 0.25) is 0 Å². The van der Waals surface area contributed by atoms with Crippen molar-refractivity contribution >= 4 is 17.4 Å². The van der Waals surface area contributed by atoms with E-state index in [1.54, 1.807) is 24.7 Å². The molecule has 5 heteroatoms. The van der Waals surface area contributed by atoms with Gasteiger partial charge in [0, 0.05) is 12.1 Å². The van der Waals surface area contributed by atoms with Gasteiger partial charge in [-0.3, -0.25) is 4.79 Å². The van der Waals surface area contributed by atoms with E-state index >= 15 is 0 Å². The number of carboxylic acids is 1. The van der Waals surface area contributed by atoms with Gasteiger partial charge in [-0.25, -0.2) is 4.79 Å². The Morgan fingerprint density at radius 3 is 2.42 bits per heavy atom. The van der Waals surface area contributed by atoms with Crippen molar-refractivity contribution in [3.63, 3.8) is 0 Å². The summed E-state index contributed by atoms with van der Waals surface area (Å²) in [5.74, 6) is 2.29. The van der Waals surface area contributed by atoms with Crippen molar-refractivity contribution in [1.82, 2.24) is 5.32 Å². The molecule has 1 amide bonds. The zero-order valence-electron chi connectivity index (χ0n) is 26.5. The van der Waals surface area contributed by atoms with Crippen molar-refractivity contribution in [1.29, 1.82) is 0 Å². The van der Waals surface area contributed by atoms with Crippen molar-refractivity contribution in [3.05, 3.63) is 65.6 Å². The van der Waals surface area contributed by atoms with Gasteiger partial charge in [0.05, 0.1) is 23.5 Å². The fourth-order valence-electron chi connectivity index (χ4n) is 12.1. The number of furan rings is 1. The van der Waals surface area contributed by atoms with E-state index in [9.17, 15) is 14.7 Å². The van der Waals surface area contributed by atoms with E-state index in [1.165, 1.54) is 49.7 Å². The molecule has 4 saturated carbocycles. The molecule has 0 spiro atoms. The fraction of sp³-hybridized carbons (Fsp3) is 0.632. The molecule has 4 fully saturated rings. The van der Waals surface area contributed by atoms with Crippen LogP contribution in [0.15, 0.2) is 53.4 Å². The molecule has 0 radical (unpaired) electrons. The van der Waals surface area contributed by atoms with Crippen LogP contribution in [0.4, 0.5) is 0 Å². The van der Waals surface area contributed by atoms with Crippen LogP contribution in [-0.2, 0) is 11.3 Å². The van der Waals surface area contributed by atoms with Crippen molar-refractivity contribution < 1.29 is 19.1 Å². The lowest BCUT2D eigenvalue weighted by Crippen LogP contribution is -2.65. The largest absolute Gasteiger partial charge is 0.478 e. The molecule has 2 aromatic rings. The third-order valence-electron chi connectivity index (χ3n) is 14.5. The molecule has 0 bridgehead atoms. The molecule has 0 saturated heterocycles. The topological polar surface area (TPSA) is 79.5 Å². The highest BCUT2D eigenvalue weighted by Gasteiger charge is 2.69. The number of nitrogens with one attached hydrogen (secondary N) is 1. The molecule has 43 heavy (non-hydrogen) atoms. The van der Waals surface area contributed by atoms with E-state index in [0.29, 0.717) is 41.7 Å². The lowest BCUT2D eigenvalue weighted by Gasteiger charge is -2.71. The molecular weight excluding hydrogens is 534 g/mol. The zero-order valence-corrected chi connectivity index (χ0v) is 26.5. The van der Waals surface area contributed by atoms with Crippen LogP contribution in [0.3, 0.4) is 0 Å². The fourth-order valence-corrected chi connectivity index (χ4v) is 12.1. The van der Waals surface area contributed by atoms with E-state index in [-0.39, 0.29) is 27.6 Å². The second-order valence-corrected chi connectivity index (χ2v) is 15.7. The van der Waals surface area contributed by atoms with Crippen LogP contribution in [0.25, 0.3) is 5.57 Å². The standard InChI is InChI=1S/C38H49NO4/c1-24-28(26-7-9-27(10-8-26)33(40)41)13-17-35(2)29(24)14-18-37(4)32(35)12-11-30-31-6-5-16-38(31,20-19-36(30,37)3)34(42)39-22-25-15-21-43-23-25/h7-10,13,15,21,23-24,29-32H,5-6,11-12,14,16-20,22H2,1-4H3,(H,39,42)(H,40,41)/t24?,29?,30?,31?,32?,35?,36-,37?,38?/m1/s1. The van der Waals surface area contributed by atoms with E-state index in [2.05, 4.69) is 39.1 Å². The summed E-state index contributed by atoms with van der Waals surface area (Å²) < 4.78 is 5.24. The first kappa shape index (κ1) is 28.9. The molecule has 0 aliphatic heterocycles. The minimum absolute atomic E-state index is 0.203. The number of carbonyl (C=O) groups is 2. The number of benzene rings is 1. The number of hydrogen-bond donors (Lipinski definition) is 2. The smallest absolute Gasteiger partial charge is 0.335 e. The highest BCUT2D eigenvalue weighted by Crippen LogP contribution is 2.76. The van der Waals surface area contributed by atoms with Gasteiger partial charge in [0.2, 0.25) is 5.91 Å². The Morgan fingerprint density at radius 2 is 1.70 bits per heavy atom. The number of carbonyl (C=O) groups excluding carboxylic acids is 1. The van der Waals surface area contributed by atoms with Crippen LogP contribution >= 0.6 is 0 Å². The van der Waals surface area contributed by atoms with E-state index < -0.39 is 5.97 Å². The maximum atomic E-state index is 13.9. The Hall–Kier alpha value is -2.82. The zero-order chi connectivity index (χ0) is 30.2. The van der Waals surface area contributed by atoms with Crippen molar-refractivity contribution in [2.24, 2.45) is 51.2 Å². The first-order valence-corrected chi connectivity index (χ1v) is 16.9. The molecule has 8 unspecified atom stereocenters. The van der Waals surface area contributed by atoms with Gasteiger partial charge >= 0.3 is 5.97 Å². The van der Waals surface area contributed by atoms with Crippen LogP contribution < -0.4 is 5.32 Å². The number of hydrogen-bond acceptors (Lipinski definition) is 3. The van der Waals surface area contributed by atoms with Gasteiger partial charge < -0.3 is 14.8 Å². The van der Waals surface area contributed by atoms with Crippen LogP contribution in [0.1, 0.15) is 113 Å². The summed E-state index contributed by atoms with van der Waals surface area (Å²) in [5.41, 5.74) is 4.56. The Morgan fingerprint density at radius 1 is 0.907 bits per heavy atom. The highest BCUT2D eigenvalue weighted by atomic mass is 16.4. The highest BCUT2D eigenvalue weighted by molar-refractivity contribution is 5.88. The molecule has 5 aliphatic rings. The molecule has 1 heterocycles. The maximum absolute atomic E-state index is 13.9. The summed E-state index contributed by atoms with van der Waals surface area (Å²) in [6.07, 6.45) is 17.7. The average molecular weight is 584 g/mol. The second kappa shape index (κ2) is 10.1. The third-order valence-corrected chi connectivity index (χ3v) is 14.5. The number of carboxylic acid groups (broad SMARTS) is 1. The molecule has 5 nitrogen and oxygen atoms in total. The number of amides is 1. The van der Waals surface area contributed by atoms with Gasteiger partial charge in [-0.15, -0.1) is 0 Å². The number of aromatic carboxylic acids is 1. The molecule has 1 aromatic carbocycles. The molecule has 7 rings (SSSR count). The maximum Gasteiger partial charge on any atom is 0.335 e. The molecular formula is C38H49NO4. The SMILES string of the molecule is CC1C(c2ccc(C(=O)O)cc2)=CCC2(C)C1CCC1(C)C2CCC2C3CCCC3(C(=O)NCc3ccoc3)CC[C@]21C. The van der Waals surface area contributed by atoms with Crippen LogP contribution in [-0.4, -0.2) is 17.0 Å². The van der Waals surface area contributed by atoms with Crippen molar-refractivity contribution in [2.45, 2.75) is 98.4 Å². The molecule has 230 valence electrons. The van der Waals surface area contributed by atoms with Crippen molar-refractivity contribution in [3.8, 4) is 0 Å². The Bertz CT molecular complexity index is 1430. The monoisotopic (exact) mass is 583 g/mol. The summed E-state index contributed by atoms with van der Waals surface area (Å²) in [7, 11) is 0. The van der Waals surface area contributed by atoms with Crippen LogP contribution in [0, 0.1) is 51.2 Å². The summed E-state index contributed by atoms with van der Waals surface area (Å²) in [6.45, 7) is 10.9. The lowest BCUT2D eigenvalue weighted by molar-refractivity contribution is -0.217. The lowest BCUT2D eigenvalue weighted by atomic mass is 9.33. The van der Waals surface area contributed by atoms with Gasteiger partial charge in [0.25, 0.3) is 0 Å².